The van der Waals surface area contributed by atoms with Crippen LogP contribution in [0.4, 0.5) is 0 Å². The maximum Gasteiger partial charge on any atom is 0.252 e. The fourth-order valence-corrected chi connectivity index (χ4v) is 2.57. The topological polar surface area (TPSA) is 62.5 Å². The lowest BCUT2D eigenvalue weighted by atomic mass is 10.0. The molecule has 0 unspecified atom stereocenters. The predicted molar refractivity (Wildman–Crippen MR) is 76.6 cm³/mol. The maximum absolute atomic E-state index is 11.0. The first kappa shape index (κ1) is 12.8. The van der Waals surface area contributed by atoms with Crippen molar-refractivity contribution in [2.45, 2.75) is 12.8 Å². The lowest BCUT2D eigenvalue weighted by Crippen LogP contribution is -1.95. The third-order valence-corrected chi connectivity index (χ3v) is 3.68. The second-order valence-corrected chi connectivity index (χ2v) is 4.98. The SMILES string of the molecule is O=C(Cl)c1ccc(-n2c(O)c3c(c2O)CCC=C3)cc1. The van der Waals surface area contributed by atoms with Crippen molar-refractivity contribution in [2.75, 3.05) is 0 Å². The summed E-state index contributed by atoms with van der Waals surface area (Å²) in [5.41, 5.74) is 2.32. The molecule has 0 atom stereocenters. The van der Waals surface area contributed by atoms with Crippen LogP contribution in [0.3, 0.4) is 0 Å². The van der Waals surface area contributed by atoms with Gasteiger partial charge in [-0.3, -0.25) is 9.36 Å². The molecule has 0 amide bonds. The van der Waals surface area contributed by atoms with E-state index < -0.39 is 5.24 Å². The molecule has 102 valence electrons. The van der Waals surface area contributed by atoms with Crippen molar-refractivity contribution in [3.05, 3.63) is 47.0 Å². The van der Waals surface area contributed by atoms with E-state index in [4.69, 9.17) is 11.6 Å². The molecule has 1 aromatic carbocycles. The normalized spacial score (nSPS) is 13.2. The van der Waals surface area contributed by atoms with Crippen molar-refractivity contribution in [2.24, 2.45) is 0 Å². The Balaban J connectivity index is 2.13. The smallest absolute Gasteiger partial charge is 0.252 e. The highest BCUT2D eigenvalue weighted by atomic mass is 35.5. The zero-order chi connectivity index (χ0) is 14.3. The predicted octanol–water partition coefficient (Wildman–Crippen LogP) is 3.23. The zero-order valence-electron chi connectivity index (χ0n) is 10.5. The van der Waals surface area contributed by atoms with Gasteiger partial charge in [0, 0.05) is 16.7 Å². The Hall–Kier alpha value is -2.20. The van der Waals surface area contributed by atoms with Gasteiger partial charge in [0.1, 0.15) is 0 Å². The molecular weight excluding hydrogens is 278 g/mol. The summed E-state index contributed by atoms with van der Waals surface area (Å²) in [4.78, 5) is 11.0. The lowest BCUT2D eigenvalue weighted by Gasteiger charge is -2.07. The van der Waals surface area contributed by atoms with E-state index in [1.54, 1.807) is 30.3 Å². The van der Waals surface area contributed by atoms with Gasteiger partial charge in [-0.15, -0.1) is 0 Å². The van der Waals surface area contributed by atoms with Gasteiger partial charge in [-0.25, -0.2) is 0 Å². The molecule has 0 saturated heterocycles. The Morgan fingerprint density at radius 2 is 1.85 bits per heavy atom. The van der Waals surface area contributed by atoms with E-state index in [1.165, 1.54) is 4.57 Å². The van der Waals surface area contributed by atoms with E-state index in [0.717, 1.165) is 12.0 Å². The van der Waals surface area contributed by atoms with Crippen molar-refractivity contribution in [1.29, 1.82) is 0 Å². The van der Waals surface area contributed by atoms with Crippen LogP contribution >= 0.6 is 11.6 Å². The lowest BCUT2D eigenvalue weighted by molar-refractivity contribution is 0.108. The van der Waals surface area contributed by atoms with Gasteiger partial charge >= 0.3 is 0 Å². The Kier molecular flexibility index (Phi) is 3.03. The van der Waals surface area contributed by atoms with Crippen molar-refractivity contribution >= 4 is 22.9 Å². The molecular formula is C15H12ClNO3. The largest absolute Gasteiger partial charge is 0.494 e. The first-order valence-corrected chi connectivity index (χ1v) is 6.59. The van der Waals surface area contributed by atoms with Gasteiger partial charge in [-0.2, -0.15) is 0 Å². The number of hydrogen-bond donors (Lipinski definition) is 2. The number of nitrogens with zero attached hydrogens (tertiary/aromatic N) is 1. The maximum atomic E-state index is 11.0. The molecule has 2 aromatic rings. The highest BCUT2D eigenvalue weighted by Crippen LogP contribution is 2.40. The van der Waals surface area contributed by atoms with E-state index in [9.17, 15) is 15.0 Å². The second-order valence-electron chi connectivity index (χ2n) is 4.64. The molecule has 5 heteroatoms. The first-order chi connectivity index (χ1) is 9.59. The minimum atomic E-state index is -0.542. The molecule has 1 aromatic heterocycles. The van der Waals surface area contributed by atoms with Crippen molar-refractivity contribution in [1.82, 2.24) is 4.57 Å². The Labute approximate surface area is 120 Å². The number of aromatic hydroxyl groups is 2. The molecule has 1 aliphatic rings. The van der Waals surface area contributed by atoms with Gasteiger partial charge in [-0.05, 0) is 48.7 Å². The molecule has 0 fully saturated rings. The van der Waals surface area contributed by atoms with Gasteiger partial charge in [0.2, 0.25) is 11.8 Å². The number of rotatable bonds is 2. The highest BCUT2D eigenvalue weighted by Gasteiger charge is 2.22. The number of carbonyl (C=O) groups excluding carboxylic acids is 1. The van der Waals surface area contributed by atoms with Crippen LogP contribution in [0.1, 0.15) is 27.9 Å². The number of fused-ring (bicyclic) bond motifs is 1. The van der Waals surface area contributed by atoms with Crippen LogP contribution in [0.25, 0.3) is 11.8 Å². The summed E-state index contributed by atoms with van der Waals surface area (Å²) in [7, 11) is 0. The average molecular weight is 290 g/mol. The zero-order valence-corrected chi connectivity index (χ0v) is 11.3. The standard InChI is InChI=1S/C15H12ClNO3/c16-13(18)9-5-7-10(8-6-9)17-14(19)11-3-1-2-4-12(11)15(17)20/h1,3,5-8,19-20H,2,4H2. The van der Waals surface area contributed by atoms with E-state index in [1.807, 2.05) is 6.08 Å². The van der Waals surface area contributed by atoms with Crippen LogP contribution in [0.5, 0.6) is 11.8 Å². The molecule has 1 aliphatic carbocycles. The molecule has 0 saturated carbocycles. The minimum Gasteiger partial charge on any atom is -0.494 e. The van der Waals surface area contributed by atoms with E-state index in [2.05, 4.69) is 0 Å². The number of carbonyl (C=O) groups is 1. The number of aromatic nitrogens is 1. The fraction of sp³-hybridized carbons (Fsp3) is 0.133. The number of benzene rings is 1. The second kappa shape index (κ2) is 4.72. The molecule has 0 radical (unpaired) electrons. The first-order valence-electron chi connectivity index (χ1n) is 6.22. The van der Waals surface area contributed by atoms with E-state index >= 15 is 0 Å². The van der Waals surface area contributed by atoms with Gasteiger partial charge in [0.25, 0.3) is 5.24 Å². The highest BCUT2D eigenvalue weighted by molar-refractivity contribution is 6.67. The van der Waals surface area contributed by atoms with Crippen LogP contribution in [0.15, 0.2) is 30.3 Å². The van der Waals surface area contributed by atoms with Gasteiger partial charge in [0.15, 0.2) is 0 Å². The summed E-state index contributed by atoms with van der Waals surface area (Å²) < 4.78 is 1.36. The van der Waals surface area contributed by atoms with E-state index in [0.29, 0.717) is 23.2 Å². The van der Waals surface area contributed by atoms with Crippen LogP contribution in [-0.2, 0) is 6.42 Å². The molecule has 0 bridgehead atoms. The molecule has 2 N–H and O–H groups in total. The number of hydrogen-bond acceptors (Lipinski definition) is 3. The monoisotopic (exact) mass is 289 g/mol. The summed E-state index contributed by atoms with van der Waals surface area (Å²) >= 11 is 5.39. The van der Waals surface area contributed by atoms with Crippen LogP contribution in [0.2, 0.25) is 0 Å². The summed E-state index contributed by atoms with van der Waals surface area (Å²) in [5.74, 6) is 0.0326. The molecule has 4 nitrogen and oxygen atoms in total. The summed E-state index contributed by atoms with van der Waals surface area (Å²) in [6.45, 7) is 0. The molecule has 0 aliphatic heterocycles. The molecule has 0 spiro atoms. The van der Waals surface area contributed by atoms with Gasteiger partial charge < -0.3 is 10.2 Å². The summed E-state index contributed by atoms with van der Waals surface area (Å²) in [6.07, 6.45) is 5.29. The van der Waals surface area contributed by atoms with E-state index in [-0.39, 0.29) is 11.8 Å². The molecule has 20 heavy (non-hydrogen) atoms. The fourth-order valence-electron chi connectivity index (χ4n) is 2.45. The van der Waals surface area contributed by atoms with Gasteiger partial charge in [-0.1, -0.05) is 12.2 Å². The third kappa shape index (κ3) is 1.89. The quantitative estimate of drug-likeness (QED) is 0.834. The number of allylic oxidation sites excluding steroid dienone is 1. The Morgan fingerprint density at radius 1 is 1.15 bits per heavy atom. The van der Waals surface area contributed by atoms with Crippen molar-refractivity contribution in [3.8, 4) is 17.4 Å². The van der Waals surface area contributed by atoms with Crippen LogP contribution in [-0.4, -0.2) is 20.0 Å². The third-order valence-electron chi connectivity index (χ3n) is 3.46. The van der Waals surface area contributed by atoms with Crippen LogP contribution in [0, 0.1) is 0 Å². The average Bonchev–Trinajstić information content (AvgIpc) is 2.72. The molecule has 3 rings (SSSR count). The Morgan fingerprint density at radius 3 is 2.45 bits per heavy atom. The summed E-state index contributed by atoms with van der Waals surface area (Å²) in [5, 5.41) is 20.0. The number of halogens is 1. The molecule has 1 heterocycles. The van der Waals surface area contributed by atoms with Crippen molar-refractivity contribution in [3.63, 3.8) is 0 Å². The minimum absolute atomic E-state index is 0.00148. The Bertz CT molecular complexity index is 714. The van der Waals surface area contributed by atoms with Crippen molar-refractivity contribution < 1.29 is 15.0 Å². The van der Waals surface area contributed by atoms with Gasteiger partial charge in [0.05, 0.1) is 5.69 Å². The van der Waals surface area contributed by atoms with Crippen LogP contribution < -0.4 is 0 Å². The summed E-state index contributed by atoms with van der Waals surface area (Å²) in [6, 6.07) is 6.37.